The molecule has 0 atom stereocenters. The van der Waals surface area contributed by atoms with E-state index in [1.807, 2.05) is 0 Å². The molecule has 0 bridgehead atoms. The number of nitrogens with one attached hydrogen (secondary N) is 2. The standard InChI is InChI=1S/C12H20N8/c1-2-3-4-5-6-15-10-16-11(19-13)18-12(17-10)20-8-7-14-9-20/h7-9H,2-6,13H2,1H3,(H2,15,16,17,18,19). The number of rotatable bonds is 8. The van der Waals surface area contributed by atoms with Crippen LogP contribution in [0.25, 0.3) is 5.95 Å². The maximum atomic E-state index is 5.38. The first-order valence-electron chi connectivity index (χ1n) is 6.78. The molecule has 4 N–H and O–H groups in total. The average Bonchev–Trinajstić information content (AvgIpc) is 3.01. The van der Waals surface area contributed by atoms with E-state index in [1.165, 1.54) is 19.3 Å². The van der Waals surface area contributed by atoms with E-state index in [0.717, 1.165) is 13.0 Å². The van der Waals surface area contributed by atoms with Crippen molar-refractivity contribution in [2.45, 2.75) is 32.6 Å². The van der Waals surface area contributed by atoms with Crippen molar-refractivity contribution in [2.24, 2.45) is 5.84 Å². The lowest BCUT2D eigenvalue weighted by Gasteiger charge is -2.08. The Morgan fingerprint density at radius 3 is 2.70 bits per heavy atom. The van der Waals surface area contributed by atoms with Crippen molar-refractivity contribution in [3.8, 4) is 5.95 Å². The van der Waals surface area contributed by atoms with Gasteiger partial charge in [0.25, 0.3) is 0 Å². The maximum absolute atomic E-state index is 5.38. The molecule has 0 saturated carbocycles. The summed E-state index contributed by atoms with van der Waals surface area (Å²) in [5.74, 6) is 6.68. The van der Waals surface area contributed by atoms with Crippen molar-refractivity contribution >= 4 is 11.9 Å². The fourth-order valence-electron chi connectivity index (χ4n) is 1.75. The Balaban J connectivity index is 2.03. The highest BCUT2D eigenvalue weighted by molar-refractivity contribution is 5.37. The number of nitrogens with two attached hydrogens (primary N) is 1. The van der Waals surface area contributed by atoms with E-state index in [2.05, 4.69) is 37.6 Å². The fourth-order valence-corrected chi connectivity index (χ4v) is 1.75. The summed E-state index contributed by atoms with van der Waals surface area (Å²) in [6.45, 7) is 3.02. The zero-order chi connectivity index (χ0) is 14.2. The van der Waals surface area contributed by atoms with Gasteiger partial charge in [0.2, 0.25) is 17.8 Å². The molecule has 0 amide bonds. The van der Waals surface area contributed by atoms with Gasteiger partial charge in [0.15, 0.2) is 0 Å². The summed E-state index contributed by atoms with van der Waals surface area (Å²) in [4.78, 5) is 16.7. The van der Waals surface area contributed by atoms with E-state index >= 15 is 0 Å². The molecule has 108 valence electrons. The van der Waals surface area contributed by atoms with Crippen molar-refractivity contribution in [3.05, 3.63) is 18.7 Å². The highest BCUT2D eigenvalue weighted by atomic mass is 15.4. The Bertz CT molecular complexity index is 510. The number of unbranched alkanes of at least 4 members (excludes halogenated alkanes) is 3. The van der Waals surface area contributed by atoms with Gasteiger partial charge in [0.05, 0.1) is 0 Å². The summed E-state index contributed by atoms with van der Waals surface area (Å²) in [6.07, 6.45) is 9.81. The highest BCUT2D eigenvalue weighted by Crippen LogP contribution is 2.09. The van der Waals surface area contributed by atoms with Crippen molar-refractivity contribution in [2.75, 3.05) is 17.3 Å². The molecule has 0 aliphatic carbocycles. The first-order chi connectivity index (χ1) is 9.83. The lowest BCUT2D eigenvalue weighted by Crippen LogP contribution is -2.16. The smallest absolute Gasteiger partial charge is 0.243 e. The molecule has 2 aromatic heterocycles. The van der Waals surface area contributed by atoms with Crippen molar-refractivity contribution < 1.29 is 0 Å². The minimum Gasteiger partial charge on any atom is -0.354 e. The number of nitrogens with zero attached hydrogens (tertiary/aromatic N) is 5. The monoisotopic (exact) mass is 276 g/mol. The van der Waals surface area contributed by atoms with E-state index < -0.39 is 0 Å². The number of imidazole rings is 1. The summed E-state index contributed by atoms with van der Waals surface area (Å²) in [5, 5.41) is 3.19. The molecular weight excluding hydrogens is 256 g/mol. The SMILES string of the molecule is CCCCCCNc1nc(NN)nc(-n2ccnc2)n1. The summed E-state index contributed by atoms with van der Waals surface area (Å²) < 4.78 is 1.70. The normalized spacial score (nSPS) is 10.5. The molecule has 8 nitrogen and oxygen atoms in total. The highest BCUT2D eigenvalue weighted by Gasteiger charge is 2.06. The van der Waals surface area contributed by atoms with Gasteiger partial charge in [-0.25, -0.2) is 10.8 Å². The van der Waals surface area contributed by atoms with Crippen molar-refractivity contribution in [3.63, 3.8) is 0 Å². The van der Waals surface area contributed by atoms with Crippen LogP contribution in [0.5, 0.6) is 0 Å². The minimum absolute atomic E-state index is 0.319. The number of hydrazine groups is 1. The van der Waals surface area contributed by atoms with E-state index in [9.17, 15) is 0 Å². The molecule has 2 heterocycles. The van der Waals surface area contributed by atoms with Crippen LogP contribution in [0.15, 0.2) is 18.7 Å². The maximum Gasteiger partial charge on any atom is 0.243 e. The number of hydrogen-bond acceptors (Lipinski definition) is 7. The van der Waals surface area contributed by atoms with Crippen molar-refractivity contribution in [1.82, 2.24) is 24.5 Å². The quantitative estimate of drug-likeness (QED) is 0.379. The lowest BCUT2D eigenvalue weighted by atomic mass is 10.2. The van der Waals surface area contributed by atoms with Gasteiger partial charge < -0.3 is 5.32 Å². The van der Waals surface area contributed by atoms with Gasteiger partial charge in [-0.2, -0.15) is 15.0 Å². The topological polar surface area (TPSA) is 107 Å². The first-order valence-corrected chi connectivity index (χ1v) is 6.78. The third-order valence-corrected chi connectivity index (χ3v) is 2.80. The van der Waals surface area contributed by atoms with Gasteiger partial charge in [-0.1, -0.05) is 26.2 Å². The third-order valence-electron chi connectivity index (χ3n) is 2.80. The van der Waals surface area contributed by atoms with E-state index in [1.54, 1.807) is 23.3 Å². The molecule has 0 radical (unpaired) electrons. The van der Waals surface area contributed by atoms with Gasteiger partial charge in [-0.3, -0.25) is 9.99 Å². The molecule has 0 saturated heterocycles. The number of hydrogen-bond donors (Lipinski definition) is 3. The van der Waals surface area contributed by atoms with Crippen LogP contribution >= 0.6 is 0 Å². The molecule has 0 aliphatic heterocycles. The molecule has 8 heteroatoms. The van der Waals surface area contributed by atoms with Crippen LogP contribution in [0, 0.1) is 0 Å². The summed E-state index contributed by atoms with van der Waals surface area (Å²) in [6, 6.07) is 0. The van der Waals surface area contributed by atoms with Crippen LogP contribution in [-0.4, -0.2) is 31.0 Å². The number of aromatic nitrogens is 5. The number of anilines is 2. The van der Waals surface area contributed by atoms with Gasteiger partial charge in [-0.15, -0.1) is 0 Å². The summed E-state index contributed by atoms with van der Waals surface area (Å²) in [7, 11) is 0. The van der Waals surface area contributed by atoms with E-state index in [0.29, 0.717) is 17.8 Å². The zero-order valence-corrected chi connectivity index (χ0v) is 11.6. The van der Waals surface area contributed by atoms with Gasteiger partial charge in [-0.05, 0) is 6.42 Å². The third kappa shape index (κ3) is 3.89. The van der Waals surface area contributed by atoms with Gasteiger partial charge in [0.1, 0.15) is 6.33 Å². The second-order valence-electron chi connectivity index (χ2n) is 4.38. The Labute approximate surface area is 117 Å². The van der Waals surface area contributed by atoms with Crippen LogP contribution in [0.4, 0.5) is 11.9 Å². The van der Waals surface area contributed by atoms with Crippen molar-refractivity contribution in [1.29, 1.82) is 0 Å². The fraction of sp³-hybridized carbons (Fsp3) is 0.500. The van der Waals surface area contributed by atoms with E-state index in [4.69, 9.17) is 5.84 Å². The minimum atomic E-state index is 0.319. The first kappa shape index (κ1) is 14.2. The Kier molecular flexibility index (Phi) is 5.24. The molecule has 0 unspecified atom stereocenters. The molecule has 0 spiro atoms. The molecular formula is C12H20N8. The summed E-state index contributed by atoms with van der Waals surface area (Å²) >= 11 is 0. The predicted molar refractivity (Wildman–Crippen MR) is 77.4 cm³/mol. The molecule has 2 aromatic rings. The summed E-state index contributed by atoms with van der Waals surface area (Å²) in [5.41, 5.74) is 2.44. The molecule has 0 aromatic carbocycles. The van der Waals surface area contributed by atoms with Crippen LogP contribution < -0.4 is 16.6 Å². The van der Waals surface area contributed by atoms with Crippen LogP contribution in [0.1, 0.15) is 32.6 Å². The second-order valence-corrected chi connectivity index (χ2v) is 4.38. The molecule has 20 heavy (non-hydrogen) atoms. The second kappa shape index (κ2) is 7.39. The molecule has 0 fully saturated rings. The Morgan fingerprint density at radius 2 is 2.00 bits per heavy atom. The largest absolute Gasteiger partial charge is 0.354 e. The van der Waals surface area contributed by atoms with Crippen LogP contribution in [0.2, 0.25) is 0 Å². The number of nitrogen functional groups attached to an aromatic ring is 1. The Morgan fingerprint density at radius 1 is 1.15 bits per heavy atom. The van der Waals surface area contributed by atoms with Gasteiger partial charge >= 0.3 is 0 Å². The molecule has 2 rings (SSSR count). The lowest BCUT2D eigenvalue weighted by molar-refractivity contribution is 0.683. The van der Waals surface area contributed by atoms with Gasteiger partial charge in [0, 0.05) is 18.9 Å². The van der Waals surface area contributed by atoms with Crippen LogP contribution in [-0.2, 0) is 0 Å². The van der Waals surface area contributed by atoms with Crippen LogP contribution in [0.3, 0.4) is 0 Å². The zero-order valence-electron chi connectivity index (χ0n) is 11.6. The predicted octanol–water partition coefficient (Wildman–Crippen LogP) is 1.34. The average molecular weight is 276 g/mol. The Hall–Kier alpha value is -2.22. The molecule has 0 aliphatic rings. The van der Waals surface area contributed by atoms with E-state index in [-0.39, 0.29) is 0 Å².